The molecule has 1 amide bonds. The van der Waals surface area contributed by atoms with Crippen LogP contribution in [0, 0.1) is 23.2 Å². The first-order valence-corrected chi connectivity index (χ1v) is 17.2. The van der Waals surface area contributed by atoms with E-state index in [0.29, 0.717) is 41.3 Å². The minimum Gasteiger partial charge on any atom is -0.342 e. The van der Waals surface area contributed by atoms with Gasteiger partial charge in [0.15, 0.2) is 0 Å². The minimum atomic E-state index is -0.395. The highest BCUT2D eigenvalue weighted by Crippen LogP contribution is 2.60. The average Bonchev–Trinajstić information content (AvgIpc) is 3.35. The number of Topliss-reactive ketones (excluding diaryl/α,β-unsaturated/α-hetero) is 1. The number of likely N-dealkylation sites (tertiary alicyclic amines) is 2. The fraction of sp³-hybridized carbons (Fsp3) is 0.622. The molecule has 6 rings (SSSR count). The van der Waals surface area contributed by atoms with Gasteiger partial charge in [-0.25, -0.2) is 0 Å². The van der Waals surface area contributed by atoms with Crippen molar-refractivity contribution in [1.29, 1.82) is 0 Å². The number of amides is 1. The largest absolute Gasteiger partial charge is 0.342 e. The molecule has 1 saturated carbocycles. The van der Waals surface area contributed by atoms with Crippen LogP contribution >= 0.6 is 11.6 Å². The van der Waals surface area contributed by atoms with Crippen LogP contribution in [0.1, 0.15) is 70.1 Å². The fourth-order valence-electron chi connectivity index (χ4n) is 8.65. The highest BCUT2D eigenvalue weighted by molar-refractivity contribution is 6.30. The van der Waals surface area contributed by atoms with E-state index in [2.05, 4.69) is 66.7 Å². The zero-order valence-electron chi connectivity index (χ0n) is 26.6. The van der Waals surface area contributed by atoms with Crippen molar-refractivity contribution in [2.45, 2.75) is 90.8 Å². The van der Waals surface area contributed by atoms with Gasteiger partial charge < -0.3 is 9.80 Å². The molecule has 2 aromatic carbocycles. The molecule has 2 saturated heterocycles. The molecular weight excluding hydrogens is 554 g/mol. The summed E-state index contributed by atoms with van der Waals surface area (Å²) in [5.74, 6) is 0.581. The Hall–Kier alpha value is -2.21. The van der Waals surface area contributed by atoms with E-state index in [1.807, 2.05) is 24.3 Å². The van der Waals surface area contributed by atoms with Gasteiger partial charge in [0, 0.05) is 54.1 Å². The molecule has 0 bridgehead atoms. The van der Waals surface area contributed by atoms with Gasteiger partial charge in [-0.2, -0.15) is 0 Å². The van der Waals surface area contributed by atoms with Crippen LogP contribution in [0.2, 0.25) is 5.02 Å². The number of fused-ring (bicyclic) bond motifs is 1. The summed E-state index contributed by atoms with van der Waals surface area (Å²) in [5, 5.41) is 0.694. The van der Waals surface area contributed by atoms with E-state index in [9.17, 15) is 9.59 Å². The topological polar surface area (TPSA) is 43.9 Å². The zero-order chi connectivity index (χ0) is 30.3. The Morgan fingerprint density at radius 2 is 1.44 bits per heavy atom. The first-order chi connectivity index (χ1) is 20.7. The number of rotatable bonds is 9. The van der Waals surface area contributed by atoms with Crippen molar-refractivity contribution in [1.82, 2.24) is 14.7 Å². The lowest BCUT2D eigenvalue weighted by Gasteiger charge is -2.46. The third-order valence-electron chi connectivity index (χ3n) is 11.0. The molecule has 2 aliphatic heterocycles. The molecule has 2 heterocycles. The Morgan fingerprint density at radius 3 is 1.98 bits per heavy atom. The van der Waals surface area contributed by atoms with Crippen LogP contribution < -0.4 is 0 Å². The lowest BCUT2D eigenvalue weighted by Crippen LogP contribution is -2.55. The summed E-state index contributed by atoms with van der Waals surface area (Å²) < 4.78 is 0. The van der Waals surface area contributed by atoms with Gasteiger partial charge in [-0.15, -0.1) is 0 Å². The van der Waals surface area contributed by atoms with E-state index >= 15 is 0 Å². The van der Waals surface area contributed by atoms with Crippen LogP contribution in [0.3, 0.4) is 0 Å². The first kappa shape index (κ1) is 30.8. The molecule has 0 radical (unpaired) electrons. The molecule has 6 heteroatoms. The quantitative estimate of drug-likeness (QED) is 0.337. The average molecular weight is 604 g/mol. The summed E-state index contributed by atoms with van der Waals surface area (Å²) in [7, 11) is 0. The lowest BCUT2D eigenvalue weighted by molar-refractivity contribution is -0.139. The molecule has 232 valence electrons. The highest BCUT2D eigenvalue weighted by Gasteiger charge is 2.69. The van der Waals surface area contributed by atoms with Crippen LogP contribution in [-0.4, -0.2) is 77.2 Å². The molecule has 5 nitrogen and oxygen atoms in total. The Morgan fingerprint density at radius 1 is 0.884 bits per heavy atom. The molecule has 2 aliphatic carbocycles. The molecule has 2 aromatic rings. The molecule has 2 unspecified atom stereocenters. The summed E-state index contributed by atoms with van der Waals surface area (Å²) in [6, 6.07) is 18.1. The maximum absolute atomic E-state index is 14.4. The number of benzene rings is 2. The molecule has 4 aliphatic rings. The van der Waals surface area contributed by atoms with Gasteiger partial charge in [-0.3, -0.25) is 14.5 Å². The number of hydrogen-bond donors (Lipinski definition) is 0. The summed E-state index contributed by atoms with van der Waals surface area (Å²) in [5.41, 5.74) is 3.25. The molecule has 43 heavy (non-hydrogen) atoms. The number of carbonyl (C=O) groups is 2. The fourth-order valence-corrected chi connectivity index (χ4v) is 8.77. The Kier molecular flexibility index (Phi) is 9.06. The summed E-state index contributed by atoms with van der Waals surface area (Å²) in [6.45, 7) is 14.3. The number of hydrogen-bond acceptors (Lipinski definition) is 4. The van der Waals surface area contributed by atoms with E-state index in [-0.39, 0.29) is 17.7 Å². The van der Waals surface area contributed by atoms with Crippen LogP contribution in [0.5, 0.6) is 0 Å². The molecule has 0 N–H and O–H groups in total. The van der Waals surface area contributed by atoms with Crippen LogP contribution in [0.15, 0.2) is 48.5 Å². The lowest BCUT2D eigenvalue weighted by atomic mass is 9.86. The minimum absolute atomic E-state index is 0.181. The third-order valence-corrected chi connectivity index (χ3v) is 11.3. The van der Waals surface area contributed by atoms with Crippen LogP contribution in [-0.2, 0) is 28.9 Å². The zero-order valence-corrected chi connectivity index (χ0v) is 27.4. The van der Waals surface area contributed by atoms with Crippen LogP contribution in [0.25, 0.3) is 0 Å². The van der Waals surface area contributed by atoms with E-state index in [0.717, 1.165) is 50.9 Å². The predicted octanol–water partition coefficient (Wildman–Crippen LogP) is 6.30. The van der Waals surface area contributed by atoms with Gasteiger partial charge in [0.1, 0.15) is 5.78 Å². The highest BCUT2D eigenvalue weighted by atomic mass is 35.5. The SMILES string of the molecule is CC(C)CN(C1CCN(C(=O)C(Cc2ccc(Cl)cc2)C2C(=O)C23Cc2ccccc2C3)CC1)C1CCN(C(C)C)CC1. The number of piperidine rings is 2. The van der Waals surface area contributed by atoms with Crippen molar-refractivity contribution in [3.8, 4) is 0 Å². The molecular formula is C37H50ClN3O2. The van der Waals surface area contributed by atoms with Crippen LogP contribution in [0.4, 0.5) is 0 Å². The van der Waals surface area contributed by atoms with Crippen molar-refractivity contribution < 1.29 is 9.59 Å². The predicted molar refractivity (Wildman–Crippen MR) is 174 cm³/mol. The summed E-state index contributed by atoms with van der Waals surface area (Å²) in [4.78, 5) is 35.6. The normalized spacial score (nSPS) is 23.5. The monoisotopic (exact) mass is 603 g/mol. The second-order valence-corrected chi connectivity index (χ2v) is 15.0. The summed E-state index contributed by atoms with van der Waals surface area (Å²) in [6.07, 6.45) is 6.66. The van der Waals surface area contributed by atoms with Crippen molar-refractivity contribution in [3.63, 3.8) is 0 Å². The van der Waals surface area contributed by atoms with E-state index < -0.39 is 5.41 Å². The standard InChI is InChI=1S/C37H50ClN3O2/c1-25(2)24-41(31-13-17-39(18-14-31)26(3)4)32-15-19-40(20-16-32)36(43)33(21-27-9-11-30(38)12-10-27)34-35(42)37(34)22-28-7-5-6-8-29(28)23-37/h5-12,25-26,31-34H,13-24H2,1-4H3. The second kappa shape index (κ2) is 12.7. The molecule has 0 aromatic heterocycles. The molecule has 1 spiro atoms. The third kappa shape index (κ3) is 6.32. The molecule has 2 atom stereocenters. The van der Waals surface area contributed by atoms with Crippen molar-refractivity contribution in [2.75, 3.05) is 32.7 Å². The maximum Gasteiger partial charge on any atom is 0.226 e. The Labute approximate surface area is 263 Å². The van der Waals surface area contributed by atoms with Gasteiger partial charge >= 0.3 is 0 Å². The van der Waals surface area contributed by atoms with Gasteiger partial charge in [0.25, 0.3) is 0 Å². The van der Waals surface area contributed by atoms with E-state index in [1.165, 1.54) is 37.1 Å². The number of ketones is 1. The second-order valence-electron chi connectivity index (χ2n) is 14.6. The summed E-state index contributed by atoms with van der Waals surface area (Å²) >= 11 is 6.19. The number of carbonyl (C=O) groups excluding carboxylic acids is 2. The Balaban J connectivity index is 1.15. The van der Waals surface area contributed by atoms with Gasteiger partial charge in [0.2, 0.25) is 5.91 Å². The first-order valence-electron chi connectivity index (χ1n) is 16.8. The molecule has 3 fully saturated rings. The number of halogens is 1. The van der Waals surface area contributed by atoms with E-state index in [1.54, 1.807) is 0 Å². The maximum atomic E-state index is 14.4. The Bertz CT molecular complexity index is 1270. The smallest absolute Gasteiger partial charge is 0.226 e. The van der Waals surface area contributed by atoms with Crippen molar-refractivity contribution in [2.24, 2.45) is 23.2 Å². The number of nitrogens with zero attached hydrogens (tertiary/aromatic N) is 3. The van der Waals surface area contributed by atoms with E-state index in [4.69, 9.17) is 11.6 Å². The van der Waals surface area contributed by atoms with Gasteiger partial charge in [-0.05, 0) is 107 Å². The van der Waals surface area contributed by atoms with Crippen molar-refractivity contribution in [3.05, 3.63) is 70.2 Å². The van der Waals surface area contributed by atoms with Gasteiger partial charge in [0.05, 0.1) is 5.92 Å². The van der Waals surface area contributed by atoms with Gasteiger partial charge in [-0.1, -0.05) is 61.8 Å². The van der Waals surface area contributed by atoms with Crippen molar-refractivity contribution >= 4 is 23.3 Å².